The van der Waals surface area contributed by atoms with Crippen molar-refractivity contribution in [2.45, 2.75) is 18.5 Å². The second kappa shape index (κ2) is 4.67. The van der Waals surface area contributed by atoms with Crippen LogP contribution in [-0.2, 0) is 11.8 Å². The number of hydrogen-bond acceptors (Lipinski definition) is 3. The number of aliphatic carboxylic acids is 1. The molecule has 3 N–H and O–H groups in total. The van der Waals surface area contributed by atoms with Gasteiger partial charge < -0.3 is 15.0 Å². The van der Waals surface area contributed by atoms with Crippen LogP contribution < -0.4 is 10.6 Å². The molecule has 1 aliphatic rings. The zero-order valence-corrected chi connectivity index (χ0v) is 9.31. The fourth-order valence-corrected chi connectivity index (χ4v) is 2.09. The van der Waals surface area contributed by atoms with Gasteiger partial charge in [0.05, 0.1) is 0 Å². The van der Waals surface area contributed by atoms with Gasteiger partial charge in [-0.15, -0.1) is 0 Å². The van der Waals surface area contributed by atoms with Crippen molar-refractivity contribution in [3.05, 3.63) is 24.0 Å². The number of carbonyl (C=O) groups is 1. The minimum atomic E-state index is -0.825. The van der Waals surface area contributed by atoms with Crippen molar-refractivity contribution >= 4 is 5.97 Å². The van der Waals surface area contributed by atoms with Crippen molar-refractivity contribution in [3.63, 3.8) is 0 Å². The Morgan fingerprint density at radius 2 is 2.56 bits per heavy atom. The first-order chi connectivity index (χ1) is 7.68. The maximum absolute atomic E-state index is 11.2. The lowest BCUT2D eigenvalue weighted by Gasteiger charge is -2.19. The van der Waals surface area contributed by atoms with E-state index in [1.165, 1.54) is 0 Å². The number of hydrogen-bond donors (Lipinski definition) is 3. The molecule has 2 unspecified atom stereocenters. The van der Waals surface area contributed by atoms with E-state index in [4.69, 9.17) is 0 Å². The lowest BCUT2D eigenvalue weighted by molar-refractivity contribution is -0.140. The normalized spacial score (nSPS) is 22.2. The second-order valence-corrected chi connectivity index (χ2v) is 4.17. The highest BCUT2D eigenvalue weighted by Gasteiger charge is 2.26. The van der Waals surface area contributed by atoms with Gasteiger partial charge in [0.2, 0.25) is 0 Å². The molecule has 1 aromatic rings. The Kier molecular flexibility index (Phi) is 3.26. The maximum Gasteiger partial charge on any atom is 0.326 e. The summed E-state index contributed by atoms with van der Waals surface area (Å²) in [5.41, 5.74) is 0.791. The summed E-state index contributed by atoms with van der Waals surface area (Å²) in [5, 5.41) is 15.6. The van der Waals surface area contributed by atoms with E-state index >= 15 is 0 Å². The van der Waals surface area contributed by atoms with Gasteiger partial charge in [0.25, 0.3) is 0 Å². The first-order valence-electron chi connectivity index (χ1n) is 5.49. The topological polar surface area (TPSA) is 66.3 Å². The van der Waals surface area contributed by atoms with Gasteiger partial charge in [0.1, 0.15) is 6.04 Å². The van der Waals surface area contributed by atoms with Crippen LogP contribution in [0, 0.1) is 0 Å². The highest BCUT2D eigenvalue weighted by atomic mass is 16.4. The molecule has 2 rings (SSSR count). The summed E-state index contributed by atoms with van der Waals surface area (Å²) in [6.07, 6.45) is 2.84. The zero-order valence-electron chi connectivity index (χ0n) is 9.31. The molecule has 0 aliphatic carbocycles. The number of aromatic nitrogens is 1. The van der Waals surface area contributed by atoms with Crippen LogP contribution in [0.4, 0.5) is 0 Å². The summed E-state index contributed by atoms with van der Waals surface area (Å²) in [6, 6.07) is 3.33. The lowest BCUT2D eigenvalue weighted by atomic mass is 10.1. The Morgan fingerprint density at radius 3 is 3.06 bits per heavy atom. The van der Waals surface area contributed by atoms with Gasteiger partial charge >= 0.3 is 5.97 Å². The predicted molar refractivity (Wildman–Crippen MR) is 60.2 cm³/mol. The maximum atomic E-state index is 11.2. The summed E-state index contributed by atoms with van der Waals surface area (Å²) in [7, 11) is 1.86. The summed E-state index contributed by atoms with van der Waals surface area (Å²) >= 11 is 0. The van der Waals surface area contributed by atoms with Crippen molar-refractivity contribution in [2.75, 3.05) is 13.1 Å². The Hall–Kier alpha value is -1.33. The molecule has 88 valence electrons. The van der Waals surface area contributed by atoms with Gasteiger partial charge in [-0.05, 0) is 25.1 Å². The first kappa shape index (κ1) is 11.2. The van der Waals surface area contributed by atoms with Crippen LogP contribution in [0.25, 0.3) is 0 Å². The second-order valence-electron chi connectivity index (χ2n) is 4.17. The Morgan fingerprint density at radius 1 is 1.75 bits per heavy atom. The number of aryl methyl sites for hydroxylation is 1. The summed E-state index contributed by atoms with van der Waals surface area (Å²) in [5.74, 6) is -0.825. The standard InChI is InChI=1S/C11H17N3O2/c1-14-6-2-3-9(14)10(11(15)16)13-8-4-5-12-7-8/h2-3,6,8,10,12-13H,4-5,7H2,1H3,(H,15,16). The molecule has 0 bridgehead atoms. The molecule has 1 fully saturated rings. The van der Waals surface area contributed by atoms with E-state index in [0.29, 0.717) is 0 Å². The van der Waals surface area contributed by atoms with Gasteiger partial charge in [-0.25, -0.2) is 0 Å². The van der Waals surface area contributed by atoms with Crippen LogP contribution in [0.1, 0.15) is 18.2 Å². The third kappa shape index (κ3) is 2.25. The summed E-state index contributed by atoms with van der Waals surface area (Å²) < 4.78 is 1.84. The SMILES string of the molecule is Cn1cccc1C(NC1CCNC1)C(=O)O. The van der Waals surface area contributed by atoms with Crippen LogP contribution in [0.5, 0.6) is 0 Å². The number of carboxylic acid groups (broad SMARTS) is 1. The number of nitrogens with one attached hydrogen (secondary N) is 2. The van der Waals surface area contributed by atoms with Crippen LogP contribution >= 0.6 is 0 Å². The molecule has 16 heavy (non-hydrogen) atoms. The fraction of sp³-hybridized carbons (Fsp3) is 0.545. The van der Waals surface area contributed by atoms with E-state index < -0.39 is 12.0 Å². The molecule has 0 spiro atoms. The molecule has 0 aromatic carbocycles. The van der Waals surface area contributed by atoms with E-state index in [9.17, 15) is 9.90 Å². The third-order valence-corrected chi connectivity index (χ3v) is 2.99. The molecule has 2 atom stereocenters. The van der Waals surface area contributed by atoms with Crippen molar-refractivity contribution in [3.8, 4) is 0 Å². The molecule has 2 heterocycles. The van der Waals surface area contributed by atoms with Gasteiger partial charge in [-0.1, -0.05) is 0 Å². The van der Waals surface area contributed by atoms with Crippen molar-refractivity contribution in [1.29, 1.82) is 0 Å². The Labute approximate surface area is 94.5 Å². The molecular weight excluding hydrogens is 206 g/mol. The molecule has 1 saturated heterocycles. The van der Waals surface area contributed by atoms with Crippen molar-refractivity contribution < 1.29 is 9.90 Å². The number of carboxylic acids is 1. The first-order valence-corrected chi connectivity index (χ1v) is 5.49. The lowest BCUT2D eigenvalue weighted by Crippen LogP contribution is -2.39. The summed E-state index contributed by atoms with van der Waals surface area (Å²) in [6.45, 7) is 1.80. The number of nitrogens with zero attached hydrogens (tertiary/aromatic N) is 1. The van der Waals surface area contributed by atoms with Crippen molar-refractivity contribution in [2.24, 2.45) is 7.05 Å². The van der Waals surface area contributed by atoms with Crippen LogP contribution in [-0.4, -0.2) is 34.8 Å². The predicted octanol–water partition coefficient (Wildman–Crippen LogP) is 0.102. The van der Waals surface area contributed by atoms with Crippen LogP contribution in [0.3, 0.4) is 0 Å². The van der Waals surface area contributed by atoms with E-state index in [0.717, 1.165) is 25.2 Å². The molecule has 0 amide bonds. The quantitative estimate of drug-likeness (QED) is 0.677. The van der Waals surface area contributed by atoms with Gasteiger partial charge in [0, 0.05) is 31.5 Å². The molecule has 1 aromatic heterocycles. The molecule has 5 nitrogen and oxygen atoms in total. The average molecular weight is 223 g/mol. The van der Waals surface area contributed by atoms with Crippen LogP contribution in [0.2, 0.25) is 0 Å². The summed E-state index contributed by atoms with van der Waals surface area (Å²) in [4.78, 5) is 11.2. The molecular formula is C11H17N3O2. The van der Waals surface area contributed by atoms with Crippen LogP contribution in [0.15, 0.2) is 18.3 Å². The van der Waals surface area contributed by atoms with Gasteiger partial charge in [-0.2, -0.15) is 0 Å². The average Bonchev–Trinajstić information content (AvgIpc) is 2.85. The number of rotatable bonds is 4. The monoisotopic (exact) mass is 223 g/mol. The highest BCUT2D eigenvalue weighted by molar-refractivity contribution is 5.75. The fourth-order valence-electron chi connectivity index (χ4n) is 2.09. The van der Waals surface area contributed by atoms with Gasteiger partial charge in [0.15, 0.2) is 0 Å². The van der Waals surface area contributed by atoms with E-state index in [1.54, 1.807) is 0 Å². The molecule has 0 saturated carbocycles. The minimum Gasteiger partial charge on any atom is -0.480 e. The van der Waals surface area contributed by atoms with Crippen molar-refractivity contribution in [1.82, 2.24) is 15.2 Å². The zero-order chi connectivity index (χ0) is 11.5. The smallest absolute Gasteiger partial charge is 0.326 e. The van der Waals surface area contributed by atoms with E-state index in [2.05, 4.69) is 10.6 Å². The molecule has 0 radical (unpaired) electrons. The Balaban J connectivity index is 2.11. The third-order valence-electron chi connectivity index (χ3n) is 2.99. The minimum absolute atomic E-state index is 0.246. The van der Waals surface area contributed by atoms with Gasteiger partial charge in [-0.3, -0.25) is 10.1 Å². The van der Waals surface area contributed by atoms with E-state index in [-0.39, 0.29) is 6.04 Å². The Bertz CT molecular complexity index is 369. The van der Waals surface area contributed by atoms with E-state index in [1.807, 2.05) is 29.9 Å². The highest BCUT2D eigenvalue weighted by Crippen LogP contribution is 2.15. The molecule has 1 aliphatic heterocycles. The molecule has 5 heteroatoms. The largest absolute Gasteiger partial charge is 0.480 e.